The van der Waals surface area contributed by atoms with Crippen molar-refractivity contribution < 1.29 is 28.4 Å². The zero-order valence-corrected chi connectivity index (χ0v) is 34.6. The van der Waals surface area contributed by atoms with Gasteiger partial charge in [-0.05, 0) is 99.6 Å². The van der Waals surface area contributed by atoms with Gasteiger partial charge in [-0.15, -0.1) is 0 Å². The minimum absolute atomic E-state index is 0.0152. The molecule has 9 rings (SSSR count). The number of nitrogens with zero attached hydrogens (tertiary/aromatic N) is 6. The largest absolute Gasteiger partial charge is 0.376 e. The molecular weight excluding hydrogens is 764 g/mol. The summed E-state index contributed by atoms with van der Waals surface area (Å²) in [6.45, 7) is 8.34. The third-order valence-electron chi connectivity index (χ3n) is 14.0. The number of aryl methyl sites for hydroxylation is 1. The Balaban J connectivity index is 0.715. The van der Waals surface area contributed by atoms with Crippen molar-refractivity contribution in [3.05, 3.63) is 94.3 Å². The van der Waals surface area contributed by atoms with Crippen LogP contribution in [0, 0.1) is 11.7 Å². The number of carbonyl (C=O) groups excluding carboxylic acids is 5. The highest BCUT2D eigenvalue weighted by atomic mass is 19.1. The predicted octanol–water partition coefficient (Wildman–Crippen LogP) is 3.72. The molecule has 0 spiro atoms. The molecule has 316 valence electrons. The average molecular weight is 819 g/mol. The molecule has 0 radical (unpaired) electrons. The second-order valence-corrected chi connectivity index (χ2v) is 17.7. The summed E-state index contributed by atoms with van der Waals surface area (Å²) in [5.41, 5.74) is 5.61. The van der Waals surface area contributed by atoms with E-state index in [1.807, 2.05) is 11.0 Å². The number of halogens is 1. The summed E-state index contributed by atoms with van der Waals surface area (Å²) in [6, 6.07) is 19.0. The summed E-state index contributed by atoms with van der Waals surface area (Å²) < 4.78 is 15.0. The number of benzene rings is 3. The van der Waals surface area contributed by atoms with Crippen LogP contribution in [0.5, 0.6) is 0 Å². The van der Waals surface area contributed by atoms with Crippen LogP contribution in [-0.4, -0.2) is 146 Å². The van der Waals surface area contributed by atoms with E-state index in [1.54, 1.807) is 24.3 Å². The Kier molecular flexibility index (Phi) is 11.2. The lowest BCUT2D eigenvalue weighted by Gasteiger charge is -2.39. The lowest BCUT2D eigenvalue weighted by Crippen LogP contribution is -2.54. The number of anilines is 2. The number of hydrogen-bond donors (Lipinski definition) is 2. The first-order valence-electron chi connectivity index (χ1n) is 21.6. The Morgan fingerprint density at radius 2 is 1.55 bits per heavy atom. The summed E-state index contributed by atoms with van der Waals surface area (Å²) in [6.07, 6.45) is 3.99. The third kappa shape index (κ3) is 7.80. The number of likely N-dealkylation sites (N-methyl/N-ethyl adjacent to an activating group) is 1. The van der Waals surface area contributed by atoms with Crippen LogP contribution in [0.4, 0.5) is 15.8 Å². The van der Waals surface area contributed by atoms with Crippen LogP contribution in [0.3, 0.4) is 0 Å². The number of fused-ring (bicyclic) bond motifs is 2. The predicted molar refractivity (Wildman–Crippen MR) is 225 cm³/mol. The standard InChI is InChI=1S/C46H55FN8O5/c1-50(2)40-28-54(38-13-8-31-4-3-5-37(47)43(31)38)27-36(40)30-6-10-33(11-7-30)52-22-20-51(21-23-52)26-29-16-18-53(19-17-29)42(57)25-48-32-9-12-34-35(24-32)46(60)55(45(34)59)39-14-15-41(56)49-44(39)58/h3-7,9-12,24,29,36,38-40,48H,8,13-23,25-28H2,1-2H3,(H,49,56,58)/t36-,38?,39?,40+/m1/s1. The van der Waals surface area contributed by atoms with E-state index in [2.05, 4.69) is 74.7 Å². The number of nitrogens with one attached hydrogen (secondary N) is 2. The van der Waals surface area contributed by atoms with E-state index in [9.17, 15) is 28.4 Å². The number of imide groups is 2. The molecule has 2 unspecified atom stereocenters. The number of amides is 5. The van der Waals surface area contributed by atoms with E-state index >= 15 is 0 Å². The van der Waals surface area contributed by atoms with E-state index in [-0.39, 0.29) is 48.3 Å². The van der Waals surface area contributed by atoms with Crippen LogP contribution >= 0.6 is 0 Å². The number of piperazine rings is 1. The molecule has 0 aromatic heterocycles. The van der Waals surface area contributed by atoms with Crippen molar-refractivity contribution in [2.45, 2.75) is 62.6 Å². The first-order chi connectivity index (χ1) is 29.0. The van der Waals surface area contributed by atoms with E-state index in [0.717, 1.165) is 87.5 Å². The van der Waals surface area contributed by atoms with Gasteiger partial charge in [0.15, 0.2) is 0 Å². The average Bonchev–Trinajstić information content (AvgIpc) is 3.96. The van der Waals surface area contributed by atoms with Gasteiger partial charge in [0.1, 0.15) is 11.9 Å². The minimum Gasteiger partial charge on any atom is -0.376 e. The summed E-state index contributed by atoms with van der Waals surface area (Å²) in [7, 11) is 4.33. The second-order valence-electron chi connectivity index (χ2n) is 17.7. The van der Waals surface area contributed by atoms with Crippen LogP contribution in [-0.2, 0) is 20.8 Å². The molecule has 6 aliphatic rings. The fourth-order valence-electron chi connectivity index (χ4n) is 10.6. The van der Waals surface area contributed by atoms with Crippen molar-refractivity contribution in [3.63, 3.8) is 0 Å². The fraction of sp³-hybridized carbons (Fsp3) is 0.500. The molecule has 4 fully saturated rings. The third-order valence-corrected chi connectivity index (χ3v) is 14.0. The number of piperidine rings is 2. The molecule has 13 nitrogen and oxygen atoms in total. The first kappa shape index (κ1) is 40.2. The molecular formula is C46H55FN8O5. The monoisotopic (exact) mass is 818 g/mol. The maximum atomic E-state index is 15.0. The van der Waals surface area contributed by atoms with E-state index in [1.165, 1.54) is 11.3 Å². The summed E-state index contributed by atoms with van der Waals surface area (Å²) in [4.78, 5) is 76.1. The van der Waals surface area contributed by atoms with Crippen LogP contribution in [0.1, 0.15) is 81.5 Å². The topological polar surface area (TPSA) is 129 Å². The van der Waals surface area contributed by atoms with Crippen molar-refractivity contribution in [3.8, 4) is 0 Å². The normalized spacial score (nSPS) is 25.3. The Bertz CT molecular complexity index is 2170. The maximum Gasteiger partial charge on any atom is 0.262 e. The molecule has 0 saturated carbocycles. The molecule has 14 heteroatoms. The van der Waals surface area contributed by atoms with Gasteiger partial charge in [-0.3, -0.25) is 44.0 Å². The van der Waals surface area contributed by atoms with Gasteiger partial charge >= 0.3 is 0 Å². The molecule has 5 amide bonds. The zero-order valence-electron chi connectivity index (χ0n) is 34.6. The Morgan fingerprint density at radius 3 is 2.28 bits per heavy atom. The smallest absolute Gasteiger partial charge is 0.262 e. The highest BCUT2D eigenvalue weighted by Gasteiger charge is 2.45. The van der Waals surface area contributed by atoms with Crippen molar-refractivity contribution in [2.24, 2.45) is 5.92 Å². The molecule has 5 aliphatic heterocycles. The minimum atomic E-state index is -1.02. The van der Waals surface area contributed by atoms with Crippen LogP contribution in [0.2, 0.25) is 0 Å². The van der Waals surface area contributed by atoms with Gasteiger partial charge in [0.05, 0.1) is 17.7 Å². The van der Waals surface area contributed by atoms with Gasteiger partial charge in [0.25, 0.3) is 11.8 Å². The molecule has 1 aliphatic carbocycles. The maximum absolute atomic E-state index is 15.0. The Morgan fingerprint density at radius 1 is 0.817 bits per heavy atom. The highest BCUT2D eigenvalue weighted by Crippen LogP contribution is 2.43. The number of carbonyl (C=O) groups is 5. The van der Waals surface area contributed by atoms with E-state index in [0.29, 0.717) is 36.7 Å². The van der Waals surface area contributed by atoms with Gasteiger partial charge in [-0.1, -0.05) is 24.3 Å². The summed E-state index contributed by atoms with van der Waals surface area (Å²) >= 11 is 0. The zero-order chi connectivity index (χ0) is 41.7. The molecule has 4 saturated heterocycles. The van der Waals surface area contributed by atoms with Gasteiger partial charge in [-0.2, -0.15) is 0 Å². The molecule has 5 heterocycles. The molecule has 4 atom stereocenters. The fourth-order valence-corrected chi connectivity index (χ4v) is 10.6. The Labute approximate surface area is 350 Å². The molecule has 60 heavy (non-hydrogen) atoms. The second kappa shape index (κ2) is 16.7. The van der Waals surface area contributed by atoms with Gasteiger partial charge in [0, 0.05) is 100 Å². The number of rotatable bonds is 10. The molecule has 2 N–H and O–H groups in total. The molecule has 0 bridgehead atoms. The van der Waals surface area contributed by atoms with Gasteiger partial charge < -0.3 is 20.0 Å². The van der Waals surface area contributed by atoms with Crippen LogP contribution < -0.4 is 15.5 Å². The Hall–Kier alpha value is -5.18. The van der Waals surface area contributed by atoms with Gasteiger partial charge in [0.2, 0.25) is 17.7 Å². The van der Waals surface area contributed by atoms with Crippen LogP contribution in [0.15, 0.2) is 60.7 Å². The van der Waals surface area contributed by atoms with Crippen molar-refractivity contribution >= 4 is 40.9 Å². The van der Waals surface area contributed by atoms with Crippen molar-refractivity contribution in [1.29, 1.82) is 0 Å². The molecule has 3 aromatic rings. The number of hydrogen-bond acceptors (Lipinski definition) is 10. The summed E-state index contributed by atoms with van der Waals surface area (Å²) in [5.74, 6) is -1.37. The highest BCUT2D eigenvalue weighted by molar-refractivity contribution is 6.23. The first-order valence-corrected chi connectivity index (χ1v) is 21.6. The summed E-state index contributed by atoms with van der Waals surface area (Å²) in [5, 5.41) is 5.33. The van der Waals surface area contributed by atoms with Crippen molar-refractivity contribution in [2.75, 3.05) is 89.8 Å². The lowest BCUT2D eigenvalue weighted by atomic mass is 9.93. The SMILES string of the molecule is CN(C)[C@H]1CN(C2CCc3cccc(F)c32)C[C@@H]1c1ccc(N2CCN(CC3CCN(C(=O)CNc4ccc5c(c4)C(=O)N(C4CCC(=O)NC4=O)C5=O)CC3)CC2)cc1. The number of likely N-dealkylation sites (tertiary alicyclic amines) is 2. The van der Waals surface area contributed by atoms with Crippen LogP contribution in [0.25, 0.3) is 0 Å². The molecule has 3 aromatic carbocycles. The van der Waals surface area contributed by atoms with Crippen molar-refractivity contribution in [1.82, 2.24) is 29.8 Å². The van der Waals surface area contributed by atoms with E-state index < -0.39 is 29.7 Å². The van der Waals surface area contributed by atoms with Gasteiger partial charge in [-0.25, -0.2) is 4.39 Å². The quantitative estimate of drug-likeness (QED) is 0.293. The van der Waals surface area contributed by atoms with E-state index in [4.69, 9.17) is 0 Å². The lowest BCUT2D eigenvalue weighted by molar-refractivity contribution is -0.136.